The normalized spacial score (nSPS) is 35.4. The fraction of sp³-hybridized carbons (Fsp3) is 0.732. The number of ketones is 2. The number of thiazole rings is 1. The number of Topliss-reactive ketones (excluding diaryl/α,β-unsaturated/α-hetero) is 2. The summed E-state index contributed by atoms with van der Waals surface area (Å²) in [6.07, 6.45) is 4.09. The lowest BCUT2D eigenvalue weighted by molar-refractivity contribution is -0.295. The Morgan fingerprint density at radius 3 is 2.34 bits per heavy atom. The van der Waals surface area contributed by atoms with E-state index in [-0.39, 0.29) is 49.5 Å². The molecule has 0 aromatic carbocycles. The fourth-order valence-electron chi connectivity index (χ4n) is 8.94. The topological polar surface area (TPSA) is 211 Å². The number of esters is 1. The van der Waals surface area contributed by atoms with Crippen molar-refractivity contribution in [2.45, 2.75) is 135 Å². The Hall–Kier alpha value is -3.53. The predicted octanol–water partition coefficient (Wildman–Crippen LogP) is 4.98. The summed E-state index contributed by atoms with van der Waals surface area (Å²) < 4.78 is 42.9. The third-order valence-corrected chi connectivity index (χ3v) is 13.1. The molecule has 0 radical (unpaired) electrons. The summed E-state index contributed by atoms with van der Waals surface area (Å²) in [5, 5.41) is 20.2. The number of aliphatic hydroxyl groups excluding tert-OH is 1. The van der Waals surface area contributed by atoms with Crippen LogP contribution in [-0.4, -0.2) is 147 Å². The summed E-state index contributed by atoms with van der Waals surface area (Å²) in [4.78, 5) is 64.9. The number of nitrogens with zero attached hydrogens (tertiary/aromatic N) is 6. The van der Waals surface area contributed by atoms with Gasteiger partial charge in [0.05, 0.1) is 41.5 Å². The molecule has 17 nitrogen and oxygen atoms in total. The number of aromatic nitrogens is 4. The van der Waals surface area contributed by atoms with Crippen LogP contribution in [0.3, 0.4) is 0 Å². The van der Waals surface area contributed by atoms with Crippen LogP contribution in [0.2, 0.25) is 0 Å². The molecule has 3 aliphatic rings. The number of aliphatic hydroxyl groups is 1. The van der Waals surface area contributed by atoms with E-state index >= 15 is 0 Å². The van der Waals surface area contributed by atoms with Gasteiger partial charge < -0.3 is 39.4 Å². The number of ether oxygens (including phenoxy) is 5. The van der Waals surface area contributed by atoms with E-state index in [9.17, 15) is 28.2 Å². The summed E-state index contributed by atoms with van der Waals surface area (Å²) >= 11 is 1.55. The van der Waals surface area contributed by atoms with E-state index in [1.165, 1.54) is 36.5 Å². The molecule has 13 atom stereocenters. The molecule has 20 heteroatoms. The number of nitrogens with two attached hydrogens (primary N) is 1. The largest absolute Gasteiger partial charge is 0.458 e. The van der Waals surface area contributed by atoms with Crippen molar-refractivity contribution < 1.29 is 51.9 Å². The maximum Gasteiger partial charge on any atom is 0.411 e. The lowest BCUT2D eigenvalue weighted by Crippen LogP contribution is -2.60. The molecule has 61 heavy (non-hydrogen) atoms. The first-order chi connectivity index (χ1) is 28.7. The third kappa shape index (κ3) is 11.2. The van der Waals surface area contributed by atoms with Gasteiger partial charge in [0.25, 0.3) is 0 Å². The van der Waals surface area contributed by atoms with Crippen LogP contribution in [0.1, 0.15) is 74.7 Å². The molecule has 0 saturated carbocycles. The molecule has 1 amide bonds. The second kappa shape index (κ2) is 21.2. The number of amides is 1. The van der Waals surface area contributed by atoms with Gasteiger partial charge in [-0.3, -0.25) is 19.3 Å². The van der Waals surface area contributed by atoms with Gasteiger partial charge in [-0.1, -0.05) is 56.4 Å². The van der Waals surface area contributed by atoms with Crippen molar-refractivity contribution in [3.05, 3.63) is 24.5 Å². The molecule has 0 spiro atoms. The van der Waals surface area contributed by atoms with Crippen LogP contribution in [0.25, 0.3) is 10.6 Å². The van der Waals surface area contributed by atoms with E-state index in [4.69, 9.17) is 29.4 Å². The number of fused-ring (bicyclic) bond motifs is 1. The fourth-order valence-corrected chi connectivity index (χ4v) is 9.58. The number of anilines is 1. The molecular formula is C41H64FN7O10S2. The number of nitrogen functional groups attached to an aromatic ring is 1. The van der Waals surface area contributed by atoms with Gasteiger partial charge >= 0.3 is 12.1 Å². The molecule has 3 fully saturated rings. The van der Waals surface area contributed by atoms with Gasteiger partial charge in [-0.15, -0.1) is 5.10 Å². The van der Waals surface area contributed by atoms with Crippen molar-refractivity contribution in [2.75, 3.05) is 39.7 Å². The molecular weight excluding hydrogens is 834 g/mol. The highest BCUT2D eigenvalue weighted by Crippen LogP contribution is 2.43. The van der Waals surface area contributed by atoms with Crippen LogP contribution >= 0.6 is 23.5 Å². The molecule has 5 heterocycles. The van der Waals surface area contributed by atoms with E-state index in [1.54, 1.807) is 64.7 Å². The Morgan fingerprint density at radius 2 is 1.75 bits per heavy atom. The first-order valence-corrected chi connectivity index (χ1v) is 22.5. The van der Waals surface area contributed by atoms with E-state index in [2.05, 4.69) is 15.3 Å². The van der Waals surface area contributed by atoms with Gasteiger partial charge in [0.1, 0.15) is 29.6 Å². The molecule has 2 aromatic heterocycles. The number of hydrogen-bond donors (Lipinski definition) is 2. The van der Waals surface area contributed by atoms with Crippen molar-refractivity contribution >= 4 is 52.2 Å². The predicted molar refractivity (Wildman–Crippen MR) is 229 cm³/mol. The van der Waals surface area contributed by atoms with E-state index in [0.717, 1.165) is 4.88 Å². The molecule has 0 bridgehead atoms. The highest BCUT2D eigenvalue weighted by molar-refractivity contribution is 7.93. The van der Waals surface area contributed by atoms with Crippen molar-refractivity contribution in [1.29, 1.82) is 0 Å². The quantitative estimate of drug-likeness (QED) is 0.183. The number of carbonyl (C=O) groups excluding carboxylic acids is 4. The Balaban J connectivity index is 0.00000265. The number of cyclic esters (lactones) is 1. The zero-order chi connectivity index (χ0) is 45.6. The second-order valence-corrected chi connectivity index (χ2v) is 18.2. The number of allylic oxidation sites excluding steroid dienone is 1. The summed E-state index contributed by atoms with van der Waals surface area (Å²) in [6, 6.07) is -1.15. The van der Waals surface area contributed by atoms with Crippen LogP contribution in [0.15, 0.2) is 24.5 Å². The minimum absolute atomic E-state index is 0.0799. The lowest BCUT2D eigenvalue weighted by Gasteiger charge is -2.47. The average Bonchev–Trinajstić information content (AvgIpc) is 3.93. The molecule has 0 aliphatic carbocycles. The average molecular weight is 898 g/mol. The van der Waals surface area contributed by atoms with Gasteiger partial charge in [-0.25, -0.2) is 14.5 Å². The molecule has 3 aliphatic heterocycles. The summed E-state index contributed by atoms with van der Waals surface area (Å²) in [7, 11) is 5.21. The first-order valence-electron chi connectivity index (χ1n) is 20.6. The second-order valence-electron chi connectivity index (χ2n) is 16.9. The monoisotopic (exact) mass is 897 g/mol. The minimum atomic E-state index is -1.45. The van der Waals surface area contributed by atoms with Crippen molar-refractivity contribution in [1.82, 2.24) is 29.8 Å². The van der Waals surface area contributed by atoms with Crippen molar-refractivity contribution in [2.24, 2.45) is 23.7 Å². The third-order valence-electron chi connectivity index (χ3n) is 12.2. The molecule has 5 rings (SSSR count). The van der Waals surface area contributed by atoms with Crippen molar-refractivity contribution in [3.8, 4) is 10.6 Å². The van der Waals surface area contributed by atoms with Crippen LogP contribution in [0.5, 0.6) is 0 Å². The molecule has 3 N–H and O–H groups in total. The van der Waals surface area contributed by atoms with Crippen LogP contribution in [0, 0.1) is 23.7 Å². The number of rotatable bonds is 10. The summed E-state index contributed by atoms with van der Waals surface area (Å²) in [6.45, 7) is 14.2. The van der Waals surface area contributed by atoms with Crippen LogP contribution in [-0.2, 0) is 44.6 Å². The highest BCUT2D eigenvalue weighted by Gasteiger charge is 2.60. The molecule has 3 saturated heterocycles. The maximum absolute atomic E-state index is 14.7. The number of carbonyl (C=O) groups is 4. The summed E-state index contributed by atoms with van der Waals surface area (Å²) in [5.41, 5.74) is 3.65. The Kier molecular flexibility index (Phi) is 17.4. The van der Waals surface area contributed by atoms with Gasteiger partial charge in [0.2, 0.25) is 0 Å². The van der Waals surface area contributed by atoms with Gasteiger partial charge in [-0.2, -0.15) is 3.89 Å². The zero-order valence-electron chi connectivity index (χ0n) is 37.3. The number of likely N-dealkylation sites (N-methyl/N-ethyl adjacent to an activating group) is 1. The Morgan fingerprint density at radius 1 is 1.10 bits per heavy atom. The highest BCUT2D eigenvalue weighted by atomic mass is 32.2. The van der Waals surface area contributed by atoms with E-state index in [1.807, 2.05) is 32.0 Å². The maximum atomic E-state index is 14.7. The molecule has 342 valence electrons. The van der Waals surface area contributed by atoms with Gasteiger partial charge in [0, 0.05) is 62.1 Å². The lowest BCUT2D eigenvalue weighted by atomic mass is 9.73. The molecule has 3 unspecified atom stereocenters. The van der Waals surface area contributed by atoms with Crippen LogP contribution in [0.4, 0.5) is 13.8 Å². The van der Waals surface area contributed by atoms with Crippen LogP contribution < -0.4 is 5.73 Å². The van der Waals surface area contributed by atoms with E-state index < -0.39 is 83.4 Å². The number of hydrogen-bond acceptors (Lipinski definition) is 17. The standard InChI is InChI=1S/C40H61N7O10S.CH3FS/c1-12-29-40(8)33(47(38(52)57-40)16-14-13-15-46-20-26(43-44-46)28-19-42-37(41)58-28)23(4)30(48)21(2)18-39(7,53-11)34(24(5)31(49)25(6)35(51)55-29)56-36-32(50)27(45(9)10)17-22(3)54-36;1-3-2/h13-14,19-25,27,29,32-34,36,50H,12,15-18H2,1-11H3,(H2,41,42);1H3/b14-13+;/t21-,22?,23+,24+,25-,27?,29-,32?,33-,34-,36+,39-,40-;/m1./s1. The minimum Gasteiger partial charge on any atom is -0.458 e. The number of halogens is 1. The Bertz CT molecular complexity index is 1850. The number of methoxy groups -OCH3 is 1. The summed E-state index contributed by atoms with van der Waals surface area (Å²) in [5.74, 6) is -5.16. The van der Waals surface area contributed by atoms with Crippen molar-refractivity contribution in [3.63, 3.8) is 0 Å². The SMILES string of the molecule is CC[C@H]1OC(=O)[C@H](C)C(=O)[C@H](C)[C@@H](O[C@@H]2OC(C)CC(N(C)C)C2O)[C@](C)(OC)C[C@@H](C)C(=O)[C@H](C)[C@H]2N(C/C=C/Cn3cc(-c4cnc(N)s4)nn3)C(=O)O[C@]12C.CSF. The zero-order valence-corrected chi connectivity index (χ0v) is 38.9. The Labute approximate surface area is 366 Å². The molecule has 2 aromatic rings. The first kappa shape index (κ1) is 50.1. The van der Waals surface area contributed by atoms with Gasteiger partial charge in [0.15, 0.2) is 22.8 Å². The van der Waals surface area contributed by atoms with E-state index in [0.29, 0.717) is 23.8 Å². The van der Waals surface area contributed by atoms with Gasteiger partial charge in [-0.05, 0) is 61.1 Å². The smallest absolute Gasteiger partial charge is 0.411 e.